The van der Waals surface area contributed by atoms with Crippen LogP contribution in [-0.2, 0) is 4.79 Å². The molecule has 0 radical (unpaired) electrons. The second-order valence-corrected chi connectivity index (χ2v) is 5.32. The molecule has 1 aliphatic rings. The Kier molecular flexibility index (Phi) is 3.95. The summed E-state index contributed by atoms with van der Waals surface area (Å²) in [5.41, 5.74) is 1.56. The highest BCUT2D eigenvalue weighted by molar-refractivity contribution is 6.30. The first-order valence-corrected chi connectivity index (χ1v) is 7.16. The van der Waals surface area contributed by atoms with E-state index in [0.717, 1.165) is 5.56 Å². The van der Waals surface area contributed by atoms with Crippen LogP contribution in [0.25, 0.3) is 6.08 Å². The molecule has 0 saturated heterocycles. The van der Waals surface area contributed by atoms with Crippen LogP contribution in [0.2, 0.25) is 5.02 Å². The minimum atomic E-state index is -0.511. The third-order valence-corrected chi connectivity index (χ3v) is 3.57. The van der Waals surface area contributed by atoms with E-state index in [4.69, 9.17) is 11.6 Å². The molecule has 5 nitrogen and oxygen atoms in total. The highest BCUT2D eigenvalue weighted by Gasteiger charge is 2.29. The summed E-state index contributed by atoms with van der Waals surface area (Å²) in [6, 6.07) is 11.7. The van der Waals surface area contributed by atoms with E-state index in [1.54, 1.807) is 42.5 Å². The van der Waals surface area contributed by atoms with Gasteiger partial charge in [0.15, 0.2) is 0 Å². The number of fused-ring (bicyclic) bond motifs is 1. The van der Waals surface area contributed by atoms with E-state index >= 15 is 0 Å². The molecule has 0 bridgehead atoms. The molecule has 2 aromatic rings. The quantitative estimate of drug-likeness (QED) is 0.672. The summed E-state index contributed by atoms with van der Waals surface area (Å²) in [6.45, 7) is 0. The SMILES string of the molecule is O=C(C=Cc1ccc(Cl)cc1)Nc1cccc2c1C(=O)NC2=O. The number of nitrogens with one attached hydrogen (secondary N) is 2. The maximum absolute atomic E-state index is 12.0. The lowest BCUT2D eigenvalue weighted by atomic mass is 10.1. The molecule has 0 aliphatic carbocycles. The molecule has 1 heterocycles. The Labute approximate surface area is 137 Å². The average molecular weight is 327 g/mol. The summed E-state index contributed by atoms with van der Waals surface area (Å²) < 4.78 is 0. The zero-order valence-electron chi connectivity index (χ0n) is 11.8. The number of amides is 3. The summed E-state index contributed by atoms with van der Waals surface area (Å²) in [7, 11) is 0. The third kappa shape index (κ3) is 3.14. The van der Waals surface area contributed by atoms with E-state index in [0.29, 0.717) is 10.7 Å². The summed E-state index contributed by atoms with van der Waals surface area (Å²) in [4.78, 5) is 35.4. The number of rotatable bonds is 3. The molecule has 2 N–H and O–H groups in total. The van der Waals surface area contributed by atoms with Gasteiger partial charge in [0.25, 0.3) is 11.8 Å². The van der Waals surface area contributed by atoms with Crippen molar-refractivity contribution in [2.24, 2.45) is 0 Å². The molecule has 114 valence electrons. The Bertz CT molecular complexity index is 841. The van der Waals surface area contributed by atoms with Crippen LogP contribution in [0.15, 0.2) is 48.5 Å². The monoisotopic (exact) mass is 326 g/mol. The largest absolute Gasteiger partial charge is 0.322 e. The summed E-state index contributed by atoms with van der Waals surface area (Å²) >= 11 is 5.79. The van der Waals surface area contributed by atoms with Gasteiger partial charge in [0.05, 0.1) is 16.8 Å². The van der Waals surface area contributed by atoms with Crippen molar-refractivity contribution in [2.45, 2.75) is 0 Å². The van der Waals surface area contributed by atoms with Crippen LogP contribution in [0.3, 0.4) is 0 Å². The van der Waals surface area contributed by atoms with Crippen LogP contribution < -0.4 is 10.6 Å². The molecule has 2 aromatic carbocycles. The van der Waals surface area contributed by atoms with Crippen molar-refractivity contribution in [2.75, 3.05) is 5.32 Å². The lowest BCUT2D eigenvalue weighted by Gasteiger charge is -2.06. The minimum absolute atomic E-state index is 0.186. The molecule has 6 heteroatoms. The predicted octanol–water partition coefficient (Wildman–Crippen LogP) is 2.88. The van der Waals surface area contributed by atoms with Crippen molar-refractivity contribution in [1.29, 1.82) is 0 Å². The average Bonchev–Trinajstić information content (AvgIpc) is 2.82. The number of hydrogen-bond donors (Lipinski definition) is 2. The van der Waals surface area contributed by atoms with Crippen molar-refractivity contribution in [3.05, 3.63) is 70.3 Å². The molecule has 0 spiro atoms. The smallest absolute Gasteiger partial charge is 0.261 e. The molecule has 1 aliphatic heterocycles. The molecule has 0 fully saturated rings. The Morgan fingerprint density at radius 1 is 1.04 bits per heavy atom. The lowest BCUT2D eigenvalue weighted by molar-refractivity contribution is -0.111. The summed E-state index contributed by atoms with van der Waals surface area (Å²) in [6.07, 6.45) is 2.97. The Balaban J connectivity index is 1.78. The third-order valence-electron chi connectivity index (χ3n) is 3.32. The molecule has 0 aromatic heterocycles. The lowest BCUT2D eigenvalue weighted by Crippen LogP contribution is -2.20. The predicted molar refractivity (Wildman–Crippen MR) is 87.4 cm³/mol. The van der Waals surface area contributed by atoms with Gasteiger partial charge >= 0.3 is 0 Å². The van der Waals surface area contributed by atoms with Gasteiger partial charge in [-0.15, -0.1) is 0 Å². The normalized spacial score (nSPS) is 13.1. The van der Waals surface area contributed by atoms with E-state index in [2.05, 4.69) is 10.6 Å². The van der Waals surface area contributed by atoms with Gasteiger partial charge in [-0.2, -0.15) is 0 Å². The maximum atomic E-state index is 12.0. The van der Waals surface area contributed by atoms with E-state index in [9.17, 15) is 14.4 Å². The number of carbonyl (C=O) groups excluding carboxylic acids is 3. The molecule has 0 saturated carbocycles. The van der Waals surface area contributed by atoms with Crippen molar-refractivity contribution >= 4 is 41.1 Å². The highest BCUT2D eigenvalue weighted by Crippen LogP contribution is 2.24. The number of anilines is 1. The topological polar surface area (TPSA) is 75.3 Å². The van der Waals surface area contributed by atoms with E-state index in [-0.39, 0.29) is 11.1 Å². The number of imide groups is 1. The van der Waals surface area contributed by atoms with Crippen molar-refractivity contribution < 1.29 is 14.4 Å². The fourth-order valence-electron chi connectivity index (χ4n) is 2.24. The van der Waals surface area contributed by atoms with Crippen LogP contribution in [0.1, 0.15) is 26.3 Å². The van der Waals surface area contributed by atoms with Crippen LogP contribution in [0.4, 0.5) is 5.69 Å². The van der Waals surface area contributed by atoms with Crippen LogP contribution in [-0.4, -0.2) is 17.7 Å². The Morgan fingerprint density at radius 3 is 2.52 bits per heavy atom. The molecule has 3 amide bonds. The number of hydrogen-bond acceptors (Lipinski definition) is 3. The van der Waals surface area contributed by atoms with Gasteiger partial charge in [-0.05, 0) is 35.9 Å². The second-order valence-electron chi connectivity index (χ2n) is 4.89. The van der Waals surface area contributed by atoms with Crippen LogP contribution in [0, 0.1) is 0 Å². The standard InChI is InChI=1S/C17H11ClN2O3/c18-11-7-4-10(5-8-11)6-9-14(21)19-13-3-1-2-12-15(13)17(23)20-16(12)22/h1-9H,(H,19,21)(H,20,22,23). The summed E-state index contributed by atoms with van der Waals surface area (Å²) in [5.74, 6) is -1.37. The zero-order valence-corrected chi connectivity index (χ0v) is 12.6. The molecule has 3 rings (SSSR count). The van der Waals surface area contributed by atoms with E-state index in [1.807, 2.05) is 0 Å². The fourth-order valence-corrected chi connectivity index (χ4v) is 2.37. The van der Waals surface area contributed by atoms with Gasteiger partial charge in [-0.3, -0.25) is 19.7 Å². The Hall–Kier alpha value is -2.92. The Morgan fingerprint density at radius 2 is 1.78 bits per heavy atom. The van der Waals surface area contributed by atoms with Crippen molar-refractivity contribution in [1.82, 2.24) is 5.32 Å². The second kappa shape index (κ2) is 6.06. The maximum Gasteiger partial charge on any atom is 0.261 e. The van der Waals surface area contributed by atoms with Gasteiger partial charge < -0.3 is 5.32 Å². The first-order chi connectivity index (χ1) is 11.0. The van der Waals surface area contributed by atoms with Crippen LogP contribution in [0.5, 0.6) is 0 Å². The molecular formula is C17H11ClN2O3. The van der Waals surface area contributed by atoms with Crippen LogP contribution >= 0.6 is 11.6 Å². The van der Waals surface area contributed by atoms with Crippen molar-refractivity contribution in [3.63, 3.8) is 0 Å². The number of carbonyl (C=O) groups is 3. The number of benzene rings is 2. The van der Waals surface area contributed by atoms with Gasteiger partial charge in [0.1, 0.15) is 0 Å². The van der Waals surface area contributed by atoms with Gasteiger partial charge in [0.2, 0.25) is 5.91 Å². The molecule has 0 unspecified atom stereocenters. The minimum Gasteiger partial charge on any atom is -0.322 e. The first-order valence-electron chi connectivity index (χ1n) is 6.78. The number of halogens is 1. The van der Waals surface area contributed by atoms with Gasteiger partial charge in [-0.1, -0.05) is 29.8 Å². The fraction of sp³-hybridized carbons (Fsp3) is 0. The van der Waals surface area contributed by atoms with E-state index in [1.165, 1.54) is 12.1 Å². The van der Waals surface area contributed by atoms with Crippen molar-refractivity contribution in [3.8, 4) is 0 Å². The molecule has 23 heavy (non-hydrogen) atoms. The first kappa shape index (κ1) is 15.0. The van der Waals surface area contributed by atoms with Gasteiger partial charge in [-0.25, -0.2) is 0 Å². The van der Waals surface area contributed by atoms with E-state index < -0.39 is 17.7 Å². The summed E-state index contributed by atoms with van der Waals surface area (Å²) in [5, 5.41) is 5.42. The molecule has 0 atom stereocenters. The zero-order chi connectivity index (χ0) is 16.4. The highest BCUT2D eigenvalue weighted by atomic mass is 35.5. The van der Waals surface area contributed by atoms with Gasteiger partial charge in [0, 0.05) is 11.1 Å². The molecular weight excluding hydrogens is 316 g/mol.